The second-order valence-corrected chi connectivity index (χ2v) is 5.63. The molecule has 1 saturated heterocycles. The third-order valence-corrected chi connectivity index (χ3v) is 3.79. The zero-order chi connectivity index (χ0) is 15.2. The maximum atomic E-state index is 10.2. The molecule has 1 fully saturated rings. The van der Waals surface area contributed by atoms with Crippen molar-refractivity contribution in [2.24, 2.45) is 0 Å². The summed E-state index contributed by atoms with van der Waals surface area (Å²) in [6, 6.07) is 7.37. The largest absolute Gasteiger partial charge is 0.390 e. The highest BCUT2D eigenvalue weighted by Crippen LogP contribution is 2.10. The standard InChI is InChI=1S/C15H23N5O/c1-18-6-8-20(9-7-18)12-14(21)11-19(2)15-5-3-4-13(10-16)17-15/h3-5,14,21H,6-9,11-12H2,1-2H3. The normalized spacial score (nSPS) is 18.2. The number of β-amino-alcohol motifs (C(OH)–C–C–N with tert-alkyl or cyclic N) is 1. The molecule has 1 aliphatic heterocycles. The topological polar surface area (TPSA) is 66.6 Å². The fraction of sp³-hybridized carbons (Fsp3) is 0.600. The van der Waals surface area contributed by atoms with Gasteiger partial charge in [0, 0.05) is 46.3 Å². The molecule has 0 aliphatic carbocycles. The monoisotopic (exact) mass is 289 g/mol. The molecule has 1 N–H and O–H groups in total. The van der Waals surface area contributed by atoms with E-state index < -0.39 is 6.10 Å². The Balaban J connectivity index is 1.84. The van der Waals surface area contributed by atoms with Gasteiger partial charge in [-0.05, 0) is 19.2 Å². The molecule has 1 atom stereocenters. The molecule has 0 aromatic carbocycles. The molecule has 2 rings (SSSR count). The van der Waals surface area contributed by atoms with Gasteiger partial charge in [0.15, 0.2) is 0 Å². The number of rotatable bonds is 5. The van der Waals surface area contributed by atoms with Crippen molar-refractivity contribution in [3.8, 4) is 6.07 Å². The van der Waals surface area contributed by atoms with Gasteiger partial charge >= 0.3 is 0 Å². The van der Waals surface area contributed by atoms with Crippen LogP contribution in [0.4, 0.5) is 5.82 Å². The lowest BCUT2D eigenvalue weighted by Crippen LogP contribution is -2.48. The average Bonchev–Trinajstić information content (AvgIpc) is 2.49. The van der Waals surface area contributed by atoms with E-state index in [-0.39, 0.29) is 0 Å². The second-order valence-electron chi connectivity index (χ2n) is 5.63. The first-order chi connectivity index (χ1) is 10.1. The van der Waals surface area contributed by atoms with E-state index in [4.69, 9.17) is 5.26 Å². The number of piperazine rings is 1. The molecule has 2 heterocycles. The molecule has 6 nitrogen and oxygen atoms in total. The van der Waals surface area contributed by atoms with Crippen LogP contribution >= 0.6 is 0 Å². The van der Waals surface area contributed by atoms with Crippen LogP contribution in [0.3, 0.4) is 0 Å². The fourth-order valence-electron chi connectivity index (χ4n) is 2.49. The van der Waals surface area contributed by atoms with Crippen molar-refractivity contribution in [3.05, 3.63) is 23.9 Å². The Hall–Kier alpha value is -1.68. The SMILES string of the molecule is CN1CCN(CC(O)CN(C)c2cccc(C#N)n2)CC1. The lowest BCUT2D eigenvalue weighted by Gasteiger charge is -2.34. The van der Waals surface area contributed by atoms with Crippen LogP contribution in [0.2, 0.25) is 0 Å². The van der Waals surface area contributed by atoms with Crippen molar-refractivity contribution in [1.82, 2.24) is 14.8 Å². The number of nitriles is 1. The van der Waals surface area contributed by atoms with E-state index in [0.29, 0.717) is 24.6 Å². The van der Waals surface area contributed by atoms with Crippen LogP contribution in [0.25, 0.3) is 0 Å². The third kappa shape index (κ3) is 4.67. The molecule has 0 amide bonds. The van der Waals surface area contributed by atoms with Crippen LogP contribution in [0.1, 0.15) is 5.69 Å². The van der Waals surface area contributed by atoms with Gasteiger partial charge in [-0.15, -0.1) is 0 Å². The molecule has 0 spiro atoms. The molecule has 0 saturated carbocycles. The minimum absolute atomic E-state index is 0.396. The first-order valence-corrected chi connectivity index (χ1v) is 7.25. The van der Waals surface area contributed by atoms with Gasteiger partial charge in [-0.1, -0.05) is 6.07 Å². The highest BCUT2D eigenvalue weighted by molar-refractivity contribution is 5.40. The number of likely N-dealkylation sites (N-methyl/N-ethyl adjacent to an activating group) is 2. The Morgan fingerprint density at radius 2 is 2.10 bits per heavy atom. The Kier molecular flexibility index (Phi) is 5.51. The summed E-state index contributed by atoms with van der Waals surface area (Å²) in [5.74, 6) is 0.714. The molecule has 1 aromatic rings. The number of hydrogen-bond acceptors (Lipinski definition) is 6. The number of aliphatic hydroxyl groups is 1. The number of aromatic nitrogens is 1. The lowest BCUT2D eigenvalue weighted by atomic mass is 10.2. The maximum Gasteiger partial charge on any atom is 0.142 e. The smallest absolute Gasteiger partial charge is 0.142 e. The summed E-state index contributed by atoms with van der Waals surface area (Å²) in [7, 11) is 4.01. The van der Waals surface area contributed by atoms with Gasteiger partial charge < -0.3 is 14.9 Å². The number of pyridine rings is 1. The third-order valence-electron chi connectivity index (χ3n) is 3.79. The van der Waals surface area contributed by atoms with E-state index >= 15 is 0 Å². The Morgan fingerprint density at radius 1 is 1.38 bits per heavy atom. The van der Waals surface area contributed by atoms with Crippen molar-refractivity contribution in [2.75, 3.05) is 58.3 Å². The van der Waals surface area contributed by atoms with Gasteiger partial charge in [-0.3, -0.25) is 4.90 Å². The zero-order valence-electron chi connectivity index (χ0n) is 12.7. The summed E-state index contributed by atoms with van der Waals surface area (Å²) in [6.45, 7) is 5.28. The first kappa shape index (κ1) is 15.7. The van der Waals surface area contributed by atoms with Crippen molar-refractivity contribution in [2.45, 2.75) is 6.10 Å². The summed E-state index contributed by atoms with van der Waals surface area (Å²) in [5, 5.41) is 19.1. The van der Waals surface area contributed by atoms with Crippen LogP contribution in [-0.4, -0.2) is 79.4 Å². The molecule has 114 valence electrons. The van der Waals surface area contributed by atoms with E-state index in [2.05, 4.69) is 21.8 Å². The van der Waals surface area contributed by atoms with Gasteiger partial charge in [0.05, 0.1) is 6.10 Å². The first-order valence-electron chi connectivity index (χ1n) is 7.25. The number of aliphatic hydroxyl groups excluding tert-OH is 1. The van der Waals surface area contributed by atoms with Crippen LogP contribution in [0, 0.1) is 11.3 Å². The molecule has 21 heavy (non-hydrogen) atoms. The predicted molar refractivity (Wildman–Crippen MR) is 82.2 cm³/mol. The Labute approximate surface area is 126 Å². The van der Waals surface area contributed by atoms with Crippen LogP contribution in [0.5, 0.6) is 0 Å². The van der Waals surface area contributed by atoms with Crippen molar-refractivity contribution in [3.63, 3.8) is 0 Å². The minimum Gasteiger partial charge on any atom is -0.390 e. The van der Waals surface area contributed by atoms with Gasteiger partial charge in [0.25, 0.3) is 0 Å². The summed E-state index contributed by atoms with van der Waals surface area (Å²) < 4.78 is 0. The van der Waals surface area contributed by atoms with Gasteiger partial charge in [0.1, 0.15) is 17.6 Å². The molecule has 0 bridgehead atoms. The van der Waals surface area contributed by atoms with E-state index in [1.165, 1.54) is 0 Å². The van der Waals surface area contributed by atoms with E-state index in [9.17, 15) is 5.11 Å². The molecule has 1 unspecified atom stereocenters. The lowest BCUT2D eigenvalue weighted by molar-refractivity contribution is 0.0842. The highest BCUT2D eigenvalue weighted by atomic mass is 16.3. The van der Waals surface area contributed by atoms with Crippen molar-refractivity contribution in [1.29, 1.82) is 5.26 Å². The van der Waals surface area contributed by atoms with Gasteiger partial charge in [0.2, 0.25) is 0 Å². The summed E-state index contributed by atoms with van der Waals surface area (Å²) in [4.78, 5) is 10.7. The molecular formula is C15H23N5O. The van der Waals surface area contributed by atoms with Crippen LogP contribution in [0.15, 0.2) is 18.2 Å². The molecule has 1 aliphatic rings. The van der Waals surface area contributed by atoms with Gasteiger partial charge in [-0.25, -0.2) is 4.98 Å². The predicted octanol–water partition coefficient (Wildman–Crippen LogP) is -0.00222. The number of hydrogen-bond donors (Lipinski definition) is 1. The highest BCUT2D eigenvalue weighted by Gasteiger charge is 2.18. The van der Waals surface area contributed by atoms with Crippen molar-refractivity contribution >= 4 is 5.82 Å². The van der Waals surface area contributed by atoms with E-state index in [0.717, 1.165) is 26.2 Å². The quantitative estimate of drug-likeness (QED) is 0.823. The molecule has 1 aromatic heterocycles. The Bertz CT molecular complexity index is 493. The minimum atomic E-state index is -0.425. The number of anilines is 1. The molecular weight excluding hydrogens is 266 g/mol. The number of nitrogens with zero attached hydrogens (tertiary/aromatic N) is 5. The van der Waals surface area contributed by atoms with Gasteiger partial charge in [-0.2, -0.15) is 5.26 Å². The summed E-state index contributed by atoms with van der Waals surface area (Å²) >= 11 is 0. The molecule has 0 radical (unpaired) electrons. The van der Waals surface area contributed by atoms with Crippen LogP contribution < -0.4 is 4.90 Å². The molecule has 6 heteroatoms. The fourth-order valence-corrected chi connectivity index (χ4v) is 2.49. The van der Waals surface area contributed by atoms with Crippen LogP contribution in [-0.2, 0) is 0 Å². The van der Waals surface area contributed by atoms with E-state index in [1.54, 1.807) is 6.07 Å². The van der Waals surface area contributed by atoms with E-state index in [1.807, 2.05) is 30.1 Å². The second kappa shape index (κ2) is 7.36. The van der Waals surface area contributed by atoms with Crippen molar-refractivity contribution < 1.29 is 5.11 Å². The Morgan fingerprint density at radius 3 is 2.76 bits per heavy atom. The summed E-state index contributed by atoms with van der Waals surface area (Å²) in [5.41, 5.74) is 0.396. The maximum absolute atomic E-state index is 10.2. The average molecular weight is 289 g/mol. The summed E-state index contributed by atoms with van der Waals surface area (Å²) in [6.07, 6.45) is -0.425. The zero-order valence-corrected chi connectivity index (χ0v) is 12.7.